The van der Waals surface area contributed by atoms with Gasteiger partial charge < -0.3 is 20.4 Å². The van der Waals surface area contributed by atoms with Crippen LogP contribution in [0.2, 0.25) is 0 Å². The fourth-order valence-corrected chi connectivity index (χ4v) is 3.79. The monoisotopic (exact) mass is 418 g/mol. The minimum Gasteiger partial charge on any atom is -0.395 e. The third-order valence-electron chi connectivity index (χ3n) is 5.34. The highest BCUT2D eigenvalue weighted by Crippen LogP contribution is 2.32. The van der Waals surface area contributed by atoms with Crippen LogP contribution in [0.1, 0.15) is 35.2 Å². The molecule has 1 aromatic carbocycles. The molecule has 10 nitrogen and oxygen atoms in total. The number of nitrogens with one attached hydrogen (secondary N) is 2. The third-order valence-corrected chi connectivity index (χ3v) is 5.34. The first-order valence-electron chi connectivity index (χ1n) is 9.95. The zero-order chi connectivity index (χ0) is 21.7. The average molecular weight is 418 g/mol. The van der Waals surface area contributed by atoms with Gasteiger partial charge in [0.25, 0.3) is 5.91 Å². The van der Waals surface area contributed by atoms with Gasteiger partial charge in [0.2, 0.25) is 17.7 Å². The molecule has 3 rings (SSSR count). The molecule has 1 saturated heterocycles. The van der Waals surface area contributed by atoms with Crippen molar-refractivity contribution >= 4 is 29.3 Å². The van der Waals surface area contributed by atoms with Gasteiger partial charge in [-0.3, -0.25) is 29.4 Å². The van der Waals surface area contributed by atoms with Gasteiger partial charge in [-0.1, -0.05) is 6.07 Å². The van der Waals surface area contributed by atoms with Gasteiger partial charge in [0, 0.05) is 55.8 Å². The fraction of sp³-hybridized carbons (Fsp3) is 0.500. The molecule has 1 unspecified atom stereocenters. The van der Waals surface area contributed by atoms with E-state index in [-0.39, 0.29) is 56.7 Å². The average Bonchev–Trinajstić information content (AvgIpc) is 3.04. The van der Waals surface area contributed by atoms with E-state index in [1.165, 1.54) is 4.90 Å². The van der Waals surface area contributed by atoms with E-state index in [1.807, 2.05) is 0 Å². The van der Waals surface area contributed by atoms with Crippen molar-refractivity contribution in [2.45, 2.75) is 31.8 Å². The number of rotatable bonds is 9. The summed E-state index contributed by atoms with van der Waals surface area (Å²) in [4.78, 5) is 52.0. The van der Waals surface area contributed by atoms with Gasteiger partial charge in [-0.25, -0.2) is 0 Å². The number of imide groups is 1. The molecule has 1 atom stereocenters. The molecule has 0 saturated carbocycles. The Kier molecular flexibility index (Phi) is 7.14. The number of aliphatic hydroxyl groups is 2. The summed E-state index contributed by atoms with van der Waals surface area (Å²) in [5.41, 5.74) is 1.58. The number of aliphatic hydroxyl groups excluding tert-OH is 2. The summed E-state index contributed by atoms with van der Waals surface area (Å²) >= 11 is 0. The molecule has 4 amide bonds. The van der Waals surface area contributed by atoms with E-state index < -0.39 is 11.9 Å². The number of nitrogens with zero attached hydrogens (tertiary/aromatic N) is 2. The van der Waals surface area contributed by atoms with Gasteiger partial charge in [0.05, 0.1) is 13.2 Å². The van der Waals surface area contributed by atoms with Crippen LogP contribution in [0.5, 0.6) is 0 Å². The summed E-state index contributed by atoms with van der Waals surface area (Å²) in [5, 5.41) is 23.2. The lowest BCUT2D eigenvalue weighted by molar-refractivity contribution is -0.137. The van der Waals surface area contributed by atoms with Crippen LogP contribution < -0.4 is 10.6 Å². The van der Waals surface area contributed by atoms with E-state index in [0.717, 1.165) is 0 Å². The number of amides is 4. The van der Waals surface area contributed by atoms with Crippen molar-refractivity contribution in [1.29, 1.82) is 0 Å². The molecule has 1 aromatic rings. The number of hydrogen-bond donors (Lipinski definition) is 4. The summed E-state index contributed by atoms with van der Waals surface area (Å²) in [6.07, 6.45) is 0.615. The molecule has 1 fully saturated rings. The highest BCUT2D eigenvalue weighted by atomic mass is 16.3. The van der Waals surface area contributed by atoms with Crippen molar-refractivity contribution in [3.8, 4) is 0 Å². The Hall–Kier alpha value is -2.82. The first-order valence-corrected chi connectivity index (χ1v) is 9.95. The molecule has 4 N–H and O–H groups in total. The van der Waals surface area contributed by atoms with Crippen molar-refractivity contribution in [1.82, 2.24) is 15.1 Å². The molecule has 0 aromatic heterocycles. The van der Waals surface area contributed by atoms with E-state index in [4.69, 9.17) is 10.2 Å². The number of hydrogen-bond acceptors (Lipinski definition) is 7. The van der Waals surface area contributed by atoms with Gasteiger partial charge >= 0.3 is 0 Å². The number of piperidine rings is 1. The standard InChI is InChI=1S/C20H26N4O6/c25-10-8-23(9-11-26)7-6-18(28)21-15-3-1-2-13-14(15)12-24(20(13)30)16-4-5-17(27)22-19(16)29/h1-3,16,25-26H,4-12H2,(H,21,28)(H,22,27,29). The predicted molar refractivity (Wildman–Crippen MR) is 106 cm³/mol. The zero-order valence-electron chi connectivity index (χ0n) is 16.6. The SMILES string of the molecule is O=C1CCC(N2Cc3c(NC(=O)CCN(CCO)CCO)cccc3C2=O)C(=O)N1. The van der Waals surface area contributed by atoms with E-state index in [0.29, 0.717) is 36.4 Å². The summed E-state index contributed by atoms with van der Waals surface area (Å²) < 4.78 is 0. The second kappa shape index (κ2) is 9.79. The molecule has 2 heterocycles. The quantitative estimate of drug-likeness (QED) is 0.380. The Labute approximate surface area is 173 Å². The molecule has 2 aliphatic heterocycles. The molecular weight excluding hydrogens is 392 g/mol. The van der Waals surface area contributed by atoms with Crippen LogP contribution in [0, 0.1) is 0 Å². The normalized spacial score (nSPS) is 18.6. The van der Waals surface area contributed by atoms with Gasteiger partial charge in [-0.2, -0.15) is 0 Å². The van der Waals surface area contributed by atoms with Crippen molar-refractivity contribution in [3.05, 3.63) is 29.3 Å². The number of anilines is 1. The lowest BCUT2D eigenvalue weighted by Gasteiger charge is -2.29. The maximum Gasteiger partial charge on any atom is 0.255 e. The highest BCUT2D eigenvalue weighted by molar-refractivity contribution is 6.06. The minimum absolute atomic E-state index is 0.0634. The van der Waals surface area contributed by atoms with E-state index in [2.05, 4.69) is 10.6 Å². The maximum absolute atomic E-state index is 12.8. The summed E-state index contributed by atoms with van der Waals surface area (Å²) in [7, 11) is 0. The highest BCUT2D eigenvalue weighted by Gasteiger charge is 2.39. The Morgan fingerprint density at radius 3 is 2.57 bits per heavy atom. The van der Waals surface area contributed by atoms with Crippen molar-refractivity contribution < 1.29 is 29.4 Å². The fourth-order valence-electron chi connectivity index (χ4n) is 3.79. The Bertz CT molecular complexity index is 837. The lowest BCUT2D eigenvalue weighted by Crippen LogP contribution is -2.52. The van der Waals surface area contributed by atoms with Crippen LogP contribution in [0.25, 0.3) is 0 Å². The smallest absolute Gasteiger partial charge is 0.255 e. The number of carbonyl (C=O) groups excluding carboxylic acids is 4. The van der Waals surface area contributed by atoms with E-state index in [9.17, 15) is 19.2 Å². The van der Waals surface area contributed by atoms with Crippen LogP contribution >= 0.6 is 0 Å². The van der Waals surface area contributed by atoms with Crippen molar-refractivity contribution in [3.63, 3.8) is 0 Å². The second-order valence-electron chi connectivity index (χ2n) is 7.32. The molecule has 10 heteroatoms. The van der Waals surface area contributed by atoms with E-state index in [1.54, 1.807) is 23.1 Å². The Morgan fingerprint density at radius 2 is 1.90 bits per heavy atom. The van der Waals surface area contributed by atoms with Crippen LogP contribution in [-0.2, 0) is 20.9 Å². The Morgan fingerprint density at radius 1 is 1.17 bits per heavy atom. The van der Waals surface area contributed by atoms with Crippen LogP contribution in [-0.4, -0.2) is 82.5 Å². The van der Waals surface area contributed by atoms with Gasteiger partial charge in [0.15, 0.2) is 0 Å². The second-order valence-corrected chi connectivity index (χ2v) is 7.32. The topological polar surface area (TPSA) is 139 Å². The molecule has 2 aliphatic rings. The third kappa shape index (κ3) is 4.84. The van der Waals surface area contributed by atoms with Gasteiger partial charge in [-0.05, 0) is 18.6 Å². The maximum atomic E-state index is 12.8. The summed E-state index contributed by atoms with van der Waals surface area (Å²) in [6.45, 7) is 1.16. The minimum atomic E-state index is -0.711. The van der Waals surface area contributed by atoms with Crippen LogP contribution in [0.4, 0.5) is 5.69 Å². The van der Waals surface area contributed by atoms with Crippen LogP contribution in [0.3, 0.4) is 0 Å². The van der Waals surface area contributed by atoms with Gasteiger partial charge in [-0.15, -0.1) is 0 Å². The van der Waals surface area contributed by atoms with E-state index >= 15 is 0 Å². The van der Waals surface area contributed by atoms with Gasteiger partial charge in [0.1, 0.15) is 6.04 Å². The first kappa shape index (κ1) is 21.9. The number of benzene rings is 1. The molecule has 162 valence electrons. The molecule has 0 aliphatic carbocycles. The largest absolute Gasteiger partial charge is 0.395 e. The van der Waals surface area contributed by atoms with Crippen molar-refractivity contribution in [2.24, 2.45) is 0 Å². The predicted octanol–water partition coefficient (Wildman–Crippen LogP) is -0.937. The lowest BCUT2D eigenvalue weighted by atomic mass is 10.0. The molecule has 0 radical (unpaired) electrons. The molecular formula is C20H26N4O6. The Balaban J connectivity index is 1.66. The molecule has 30 heavy (non-hydrogen) atoms. The molecule has 0 bridgehead atoms. The first-order chi connectivity index (χ1) is 14.4. The zero-order valence-corrected chi connectivity index (χ0v) is 16.6. The van der Waals surface area contributed by atoms with Crippen molar-refractivity contribution in [2.75, 3.05) is 38.2 Å². The summed E-state index contributed by atoms with van der Waals surface area (Å²) in [6, 6.07) is 4.32. The van der Waals surface area contributed by atoms with Crippen LogP contribution in [0.15, 0.2) is 18.2 Å². The molecule has 0 spiro atoms. The summed E-state index contributed by atoms with van der Waals surface area (Å²) in [5.74, 6) is -1.38. The number of fused-ring (bicyclic) bond motifs is 1. The number of carbonyl (C=O) groups is 4.